The number of nitrogens with one attached hydrogen (secondary N) is 2. The molecular weight excluding hydrogens is 464 g/mol. The van der Waals surface area contributed by atoms with Gasteiger partial charge in [0.25, 0.3) is 5.91 Å². The molecule has 0 saturated carbocycles. The van der Waals surface area contributed by atoms with E-state index < -0.39 is 0 Å². The molecule has 0 aliphatic carbocycles. The van der Waals surface area contributed by atoms with Crippen molar-refractivity contribution in [3.05, 3.63) is 90.0 Å². The zero-order valence-electron chi connectivity index (χ0n) is 21.8. The van der Waals surface area contributed by atoms with E-state index >= 15 is 0 Å². The lowest BCUT2D eigenvalue weighted by Gasteiger charge is -2.26. The van der Waals surface area contributed by atoms with Crippen LogP contribution in [0.4, 0.5) is 11.5 Å². The van der Waals surface area contributed by atoms with E-state index in [1.165, 1.54) is 5.56 Å². The Morgan fingerprint density at radius 3 is 2.38 bits per heavy atom. The van der Waals surface area contributed by atoms with Crippen molar-refractivity contribution in [1.82, 2.24) is 15.2 Å². The molecule has 0 radical (unpaired) electrons. The number of ether oxygens (including phenoxy) is 2. The summed E-state index contributed by atoms with van der Waals surface area (Å²) in [4.78, 5) is 20.4. The van der Waals surface area contributed by atoms with Gasteiger partial charge >= 0.3 is 0 Å². The molecule has 0 saturated heterocycles. The van der Waals surface area contributed by atoms with Crippen LogP contribution in [0.15, 0.2) is 78.9 Å². The lowest BCUT2D eigenvalue weighted by Crippen LogP contribution is -2.38. The van der Waals surface area contributed by atoms with Gasteiger partial charge in [-0.05, 0) is 43.7 Å². The van der Waals surface area contributed by atoms with Gasteiger partial charge in [-0.1, -0.05) is 48.5 Å². The van der Waals surface area contributed by atoms with Crippen molar-refractivity contribution in [2.45, 2.75) is 26.4 Å². The number of hydrogen-bond acceptors (Lipinski definition) is 6. The maximum atomic E-state index is 13.3. The van der Waals surface area contributed by atoms with Gasteiger partial charge in [0.05, 0.1) is 25.3 Å². The molecule has 0 aliphatic rings. The van der Waals surface area contributed by atoms with Crippen LogP contribution in [-0.2, 0) is 6.54 Å². The van der Waals surface area contributed by atoms with E-state index in [-0.39, 0.29) is 5.91 Å². The third kappa shape index (κ3) is 6.57. The van der Waals surface area contributed by atoms with Gasteiger partial charge < -0.3 is 20.1 Å². The predicted molar refractivity (Wildman–Crippen MR) is 149 cm³/mol. The standard InChI is InChI=1S/C30H34N4O3/c1-21(2)34(20-22-10-6-5-7-11-22)17-16-31-30(35)25-19-29(33-26-13-9-8-12-24(25)26)32-23-14-15-27(36-3)28(18-23)37-4/h5-15,18-19,21H,16-17,20H2,1-4H3,(H,31,35)(H,32,33). The third-order valence-corrected chi connectivity index (χ3v) is 6.26. The van der Waals surface area contributed by atoms with Crippen LogP contribution < -0.4 is 20.1 Å². The fraction of sp³-hybridized carbons (Fsp3) is 0.267. The highest BCUT2D eigenvalue weighted by atomic mass is 16.5. The summed E-state index contributed by atoms with van der Waals surface area (Å²) >= 11 is 0. The second kappa shape index (κ2) is 12.2. The first-order valence-electron chi connectivity index (χ1n) is 12.4. The number of methoxy groups -OCH3 is 2. The van der Waals surface area contributed by atoms with Crippen LogP contribution in [0, 0.1) is 0 Å². The molecule has 0 aliphatic heterocycles. The molecule has 192 valence electrons. The quantitative estimate of drug-likeness (QED) is 0.279. The summed E-state index contributed by atoms with van der Waals surface area (Å²) in [6.45, 7) is 6.48. The summed E-state index contributed by atoms with van der Waals surface area (Å²) in [6.07, 6.45) is 0. The summed E-state index contributed by atoms with van der Waals surface area (Å²) in [5, 5.41) is 7.22. The predicted octanol–water partition coefficient (Wildman–Crippen LogP) is 5.64. The number of rotatable bonds is 11. The number of aromatic nitrogens is 1. The number of fused-ring (bicyclic) bond motifs is 1. The maximum Gasteiger partial charge on any atom is 0.252 e. The Labute approximate surface area is 218 Å². The Hall–Kier alpha value is -4.10. The summed E-state index contributed by atoms with van der Waals surface area (Å²) < 4.78 is 10.7. The van der Waals surface area contributed by atoms with Crippen LogP contribution in [-0.4, -0.2) is 49.1 Å². The van der Waals surface area contributed by atoms with E-state index in [1.54, 1.807) is 20.3 Å². The number of nitrogens with zero attached hydrogens (tertiary/aromatic N) is 2. The minimum atomic E-state index is -0.127. The first-order valence-corrected chi connectivity index (χ1v) is 12.4. The number of carbonyl (C=O) groups is 1. The summed E-state index contributed by atoms with van der Waals surface area (Å²) in [6, 6.07) is 25.7. The third-order valence-electron chi connectivity index (χ3n) is 6.26. The van der Waals surface area contributed by atoms with Gasteiger partial charge in [-0.25, -0.2) is 4.98 Å². The molecule has 0 atom stereocenters. The van der Waals surface area contributed by atoms with E-state index in [2.05, 4.69) is 53.6 Å². The van der Waals surface area contributed by atoms with Gasteiger partial charge in [0.1, 0.15) is 5.82 Å². The SMILES string of the molecule is COc1ccc(Nc2cc(C(=O)NCCN(Cc3ccccc3)C(C)C)c3ccccc3n2)cc1OC. The van der Waals surface area contributed by atoms with E-state index in [4.69, 9.17) is 14.5 Å². The molecule has 0 bridgehead atoms. The van der Waals surface area contributed by atoms with Crippen molar-refractivity contribution >= 4 is 28.3 Å². The largest absolute Gasteiger partial charge is 0.493 e. The fourth-order valence-corrected chi connectivity index (χ4v) is 4.24. The Morgan fingerprint density at radius 2 is 1.65 bits per heavy atom. The number of benzene rings is 3. The summed E-state index contributed by atoms with van der Waals surface area (Å²) in [5.74, 6) is 1.69. The van der Waals surface area contributed by atoms with Crippen LogP contribution in [0.2, 0.25) is 0 Å². The minimum Gasteiger partial charge on any atom is -0.493 e. The molecule has 0 fully saturated rings. The molecule has 1 heterocycles. The van der Waals surface area contributed by atoms with Crippen LogP contribution in [0.3, 0.4) is 0 Å². The smallest absolute Gasteiger partial charge is 0.252 e. The molecule has 37 heavy (non-hydrogen) atoms. The summed E-state index contributed by atoms with van der Waals surface area (Å²) in [5.41, 5.74) is 3.35. The van der Waals surface area contributed by atoms with Crippen molar-refractivity contribution in [1.29, 1.82) is 0 Å². The second-order valence-corrected chi connectivity index (χ2v) is 9.07. The Morgan fingerprint density at radius 1 is 0.919 bits per heavy atom. The molecule has 0 unspecified atom stereocenters. The highest BCUT2D eigenvalue weighted by Gasteiger charge is 2.15. The lowest BCUT2D eigenvalue weighted by atomic mass is 10.1. The highest BCUT2D eigenvalue weighted by molar-refractivity contribution is 6.07. The molecule has 4 rings (SSSR count). The number of pyridine rings is 1. The minimum absolute atomic E-state index is 0.127. The average Bonchev–Trinajstić information content (AvgIpc) is 2.92. The van der Waals surface area contributed by atoms with Crippen LogP contribution >= 0.6 is 0 Å². The maximum absolute atomic E-state index is 13.3. The first kappa shape index (κ1) is 26.0. The fourth-order valence-electron chi connectivity index (χ4n) is 4.24. The number of anilines is 2. The van der Waals surface area contributed by atoms with Crippen molar-refractivity contribution in [3.63, 3.8) is 0 Å². The molecular formula is C30H34N4O3. The zero-order chi connectivity index (χ0) is 26.2. The zero-order valence-corrected chi connectivity index (χ0v) is 21.8. The average molecular weight is 499 g/mol. The molecule has 3 aromatic carbocycles. The van der Waals surface area contributed by atoms with Crippen LogP contribution in [0.5, 0.6) is 11.5 Å². The van der Waals surface area contributed by atoms with Crippen LogP contribution in [0.1, 0.15) is 29.8 Å². The van der Waals surface area contributed by atoms with Gasteiger partial charge in [-0.15, -0.1) is 0 Å². The molecule has 0 spiro atoms. The summed E-state index contributed by atoms with van der Waals surface area (Å²) in [7, 11) is 3.20. The van der Waals surface area contributed by atoms with Crippen molar-refractivity contribution < 1.29 is 14.3 Å². The lowest BCUT2D eigenvalue weighted by molar-refractivity contribution is 0.0946. The van der Waals surface area contributed by atoms with Gasteiger partial charge in [0.2, 0.25) is 0 Å². The van der Waals surface area contributed by atoms with Crippen LogP contribution in [0.25, 0.3) is 10.9 Å². The Balaban J connectivity index is 1.50. The molecule has 7 heteroatoms. The normalized spacial score (nSPS) is 11.1. The first-order chi connectivity index (χ1) is 18.0. The number of para-hydroxylation sites is 1. The van der Waals surface area contributed by atoms with Crippen molar-refractivity contribution in [3.8, 4) is 11.5 Å². The van der Waals surface area contributed by atoms with Gasteiger partial charge in [0, 0.05) is 42.8 Å². The van der Waals surface area contributed by atoms with E-state index in [1.807, 2.05) is 48.5 Å². The van der Waals surface area contributed by atoms with Crippen molar-refractivity contribution in [2.24, 2.45) is 0 Å². The molecule has 1 aromatic heterocycles. The highest BCUT2D eigenvalue weighted by Crippen LogP contribution is 2.31. The number of amides is 1. The molecule has 4 aromatic rings. The molecule has 7 nitrogen and oxygen atoms in total. The van der Waals surface area contributed by atoms with E-state index in [0.29, 0.717) is 35.5 Å². The Bertz CT molecular complexity index is 1340. The van der Waals surface area contributed by atoms with Crippen molar-refractivity contribution in [2.75, 3.05) is 32.6 Å². The van der Waals surface area contributed by atoms with E-state index in [9.17, 15) is 4.79 Å². The Kier molecular flexibility index (Phi) is 8.59. The van der Waals surface area contributed by atoms with Gasteiger partial charge in [0.15, 0.2) is 11.5 Å². The van der Waals surface area contributed by atoms with Gasteiger partial charge in [-0.2, -0.15) is 0 Å². The second-order valence-electron chi connectivity index (χ2n) is 9.07. The molecule has 2 N–H and O–H groups in total. The van der Waals surface area contributed by atoms with E-state index in [0.717, 1.165) is 29.7 Å². The van der Waals surface area contributed by atoms with Gasteiger partial charge in [-0.3, -0.25) is 9.69 Å². The monoisotopic (exact) mass is 498 g/mol. The number of hydrogen-bond donors (Lipinski definition) is 2. The topological polar surface area (TPSA) is 75.7 Å². The number of carbonyl (C=O) groups excluding carboxylic acids is 1. The molecule has 1 amide bonds.